The maximum atomic E-state index is 9.38. The minimum Gasteiger partial charge on any atom is -0.367 e. The average molecular weight is 277 g/mol. The number of nitrogens with zero attached hydrogens (tertiary/aromatic N) is 2. The third-order valence-electron chi connectivity index (χ3n) is 3.99. The van der Waals surface area contributed by atoms with Crippen molar-refractivity contribution in [3.05, 3.63) is 29.3 Å². The summed E-state index contributed by atoms with van der Waals surface area (Å²) in [4.78, 5) is 2.43. The molecule has 0 saturated carbocycles. The molecule has 1 atom stereocenters. The van der Waals surface area contributed by atoms with Crippen LogP contribution >= 0.6 is 11.6 Å². The maximum absolute atomic E-state index is 9.38. The summed E-state index contributed by atoms with van der Waals surface area (Å²) in [6.45, 7) is 3.30. The van der Waals surface area contributed by atoms with Crippen LogP contribution in [-0.4, -0.2) is 12.6 Å². The molecule has 1 aliphatic heterocycles. The van der Waals surface area contributed by atoms with Gasteiger partial charge in [0.2, 0.25) is 0 Å². The first-order chi connectivity index (χ1) is 9.30. The first-order valence-electron chi connectivity index (χ1n) is 7.15. The van der Waals surface area contributed by atoms with Crippen molar-refractivity contribution in [3.63, 3.8) is 0 Å². The Bertz CT molecular complexity index is 464. The second-order valence-electron chi connectivity index (χ2n) is 5.20. The second-order valence-corrected chi connectivity index (χ2v) is 5.47. The van der Waals surface area contributed by atoms with Crippen LogP contribution in [0.3, 0.4) is 0 Å². The molecule has 0 bridgehead atoms. The number of benzene rings is 1. The van der Waals surface area contributed by atoms with E-state index in [2.05, 4.69) is 24.0 Å². The Morgan fingerprint density at radius 1 is 1.37 bits per heavy atom. The fourth-order valence-electron chi connectivity index (χ4n) is 2.93. The summed E-state index contributed by atoms with van der Waals surface area (Å²) >= 11 is 5.85. The summed E-state index contributed by atoms with van der Waals surface area (Å²) in [5, 5.41) is 9.38. The maximum Gasteiger partial charge on any atom is 0.101 e. The van der Waals surface area contributed by atoms with E-state index in [1.807, 2.05) is 12.1 Å². The number of hydrogen-bond donors (Lipinski definition) is 0. The lowest BCUT2D eigenvalue weighted by molar-refractivity contribution is 0.556. The van der Waals surface area contributed by atoms with E-state index in [4.69, 9.17) is 11.6 Å². The Balaban J connectivity index is 2.35. The smallest absolute Gasteiger partial charge is 0.101 e. The highest BCUT2D eigenvalue weighted by Gasteiger charge is 2.21. The van der Waals surface area contributed by atoms with Crippen LogP contribution in [0.5, 0.6) is 0 Å². The van der Waals surface area contributed by atoms with Crippen LogP contribution < -0.4 is 4.90 Å². The Morgan fingerprint density at radius 2 is 2.21 bits per heavy atom. The molecule has 1 heterocycles. The zero-order chi connectivity index (χ0) is 13.7. The van der Waals surface area contributed by atoms with E-state index in [9.17, 15) is 5.26 Å². The van der Waals surface area contributed by atoms with Crippen LogP contribution in [0.4, 0.5) is 5.69 Å². The highest BCUT2D eigenvalue weighted by atomic mass is 35.5. The van der Waals surface area contributed by atoms with E-state index in [1.54, 1.807) is 0 Å². The van der Waals surface area contributed by atoms with Gasteiger partial charge in [-0.15, -0.1) is 11.6 Å². The lowest BCUT2D eigenvalue weighted by Gasteiger charge is -2.32. The van der Waals surface area contributed by atoms with Gasteiger partial charge in [-0.05, 0) is 37.0 Å². The van der Waals surface area contributed by atoms with Crippen LogP contribution in [0.1, 0.15) is 50.2 Å². The van der Waals surface area contributed by atoms with Crippen molar-refractivity contribution in [2.75, 3.05) is 11.4 Å². The molecule has 0 radical (unpaired) electrons. The molecule has 1 aromatic carbocycles. The van der Waals surface area contributed by atoms with Gasteiger partial charge in [0.1, 0.15) is 6.07 Å². The number of rotatable bonds is 3. The quantitative estimate of drug-likeness (QED) is 0.763. The lowest BCUT2D eigenvalue weighted by Crippen LogP contribution is -2.34. The van der Waals surface area contributed by atoms with Gasteiger partial charge < -0.3 is 4.90 Å². The first kappa shape index (κ1) is 14.2. The first-order valence-corrected chi connectivity index (χ1v) is 7.69. The largest absolute Gasteiger partial charge is 0.367 e. The zero-order valence-corrected chi connectivity index (χ0v) is 12.3. The highest BCUT2D eigenvalue weighted by Crippen LogP contribution is 2.29. The summed E-state index contributed by atoms with van der Waals surface area (Å²) in [6.07, 6.45) is 6.20. The van der Waals surface area contributed by atoms with Crippen LogP contribution in [0.2, 0.25) is 0 Å². The topological polar surface area (TPSA) is 27.0 Å². The molecular formula is C16H21ClN2. The molecule has 1 aromatic rings. The fraction of sp³-hybridized carbons (Fsp3) is 0.562. The fourth-order valence-corrected chi connectivity index (χ4v) is 3.09. The van der Waals surface area contributed by atoms with Gasteiger partial charge >= 0.3 is 0 Å². The van der Waals surface area contributed by atoms with Crippen LogP contribution in [0.25, 0.3) is 0 Å². The molecule has 0 N–H and O–H groups in total. The van der Waals surface area contributed by atoms with E-state index in [-0.39, 0.29) is 0 Å². The van der Waals surface area contributed by atoms with Crippen molar-refractivity contribution >= 4 is 17.3 Å². The Hall–Kier alpha value is -1.20. The Morgan fingerprint density at radius 3 is 2.89 bits per heavy atom. The molecule has 2 nitrogen and oxygen atoms in total. The van der Waals surface area contributed by atoms with E-state index in [1.165, 1.54) is 25.7 Å². The molecule has 1 aliphatic rings. The van der Waals surface area contributed by atoms with Gasteiger partial charge in [-0.25, -0.2) is 0 Å². The van der Waals surface area contributed by atoms with Gasteiger partial charge in [-0.3, -0.25) is 0 Å². The lowest BCUT2D eigenvalue weighted by atomic mass is 10.0. The van der Waals surface area contributed by atoms with Crippen molar-refractivity contribution in [1.29, 1.82) is 5.26 Å². The molecular weight excluding hydrogens is 256 g/mol. The number of hydrogen-bond acceptors (Lipinski definition) is 2. The molecule has 0 amide bonds. The second kappa shape index (κ2) is 6.82. The third kappa shape index (κ3) is 3.22. The molecule has 3 heteroatoms. The van der Waals surface area contributed by atoms with Crippen molar-refractivity contribution < 1.29 is 0 Å². The Labute approximate surface area is 121 Å². The number of nitriles is 1. The van der Waals surface area contributed by atoms with Gasteiger partial charge in [0, 0.05) is 18.5 Å². The predicted molar refractivity (Wildman–Crippen MR) is 80.6 cm³/mol. The summed E-state index contributed by atoms with van der Waals surface area (Å²) in [5.74, 6) is 0.464. The molecule has 2 rings (SSSR count). The monoisotopic (exact) mass is 276 g/mol. The number of alkyl halides is 1. The van der Waals surface area contributed by atoms with Crippen molar-refractivity contribution in [2.45, 2.75) is 50.9 Å². The molecule has 19 heavy (non-hydrogen) atoms. The molecule has 1 fully saturated rings. The van der Waals surface area contributed by atoms with Crippen molar-refractivity contribution in [1.82, 2.24) is 0 Å². The van der Waals surface area contributed by atoms with Gasteiger partial charge in [-0.2, -0.15) is 5.26 Å². The van der Waals surface area contributed by atoms with Gasteiger partial charge in [0.25, 0.3) is 0 Å². The van der Waals surface area contributed by atoms with E-state index < -0.39 is 0 Å². The summed E-state index contributed by atoms with van der Waals surface area (Å²) < 4.78 is 0. The minimum absolute atomic E-state index is 0.464. The van der Waals surface area contributed by atoms with Crippen LogP contribution in [0, 0.1) is 11.3 Å². The average Bonchev–Trinajstić information content (AvgIpc) is 2.71. The van der Waals surface area contributed by atoms with Crippen molar-refractivity contribution in [2.24, 2.45) is 0 Å². The molecule has 1 unspecified atom stereocenters. The van der Waals surface area contributed by atoms with E-state index in [0.29, 0.717) is 11.9 Å². The van der Waals surface area contributed by atoms with E-state index >= 15 is 0 Å². The van der Waals surface area contributed by atoms with Gasteiger partial charge in [-0.1, -0.05) is 25.8 Å². The normalized spacial score (nSPS) is 19.8. The molecule has 102 valence electrons. The van der Waals surface area contributed by atoms with Crippen LogP contribution in [0.15, 0.2) is 18.2 Å². The summed E-state index contributed by atoms with van der Waals surface area (Å²) in [6, 6.07) is 8.95. The van der Waals surface area contributed by atoms with Gasteiger partial charge in [0.05, 0.1) is 11.3 Å². The predicted octanol–water partition coefficient (Wildman–Crippen LogP) is 4.46. The van der Waals surface area contributed by atoms with E-state index in [0.717, 1.165) is 29.8 Å². The number of halogens is 1. The summed E-state index contributed by atoms with van der Waals surface area (Å²) in [7, 11) is 0. The molecule has 0 aromatic heterocycles. The van der Waals surface area contributed by atoms with Crippen molar-refractivity contribution in [3.8, 4) is 6.07 Å². The Kier molecular flexibility index (Phi) is 5.10. The minimum atomic E-state index is 0.464. The SMILES string of the molecule is CCC1CCCCCN1c1ccc(CCl)cc1C#N. The van der Waals surface area contributed by atoms with Crippen LogP contribution in [-0.2, 0) is 5.88 Å². The molecule has 0 aliphatic carbocycles. The third-order valence-corrected chi connectivity index (χ3v) is 4.30. The molecule has 1 saturated heterocycles. The van der Waals surface area contributed by atoms with Gasteiger partial charge in [0.15, 0.2) is 0 Å². The highest BCUT2D eigenvalue weighted by molar-refractivity contribution is 6.17. The number of anilines is 1. The zero-order valence-electron chi connectivity index (χ0n) is 11.5. The summed E-state index contributed by atoms with van der Waals surface area (Å²) in [5.41, 5.74) is 2.87. The standard InChI is InChI=1S/C16H21ClN2/c1-2-15-6-4-3-5-9-19(15)16-8-7-13(11-17)10-14(16)12-18/h7-8,10,15H,2-6,9,11H2,1H3. The molecule has 0 spiro atoms.